The van der Waals surface area contributed by atoms with Crippen molar-refractivity contribution < 1.29 is 8.42 Å². The van der Waals surface area contributed by atoms with E-state index in [1.54, 1.807) is 24.3 Å². The Kier molecular flexibility index (Phi) is 6.45. The first-order chi connectivity index (χ1) is 15.5. The standard InChI is InChI=1S/C28H29NO2S/c1-29(2)28(25-16-8-4-9-17-25,32(30,31)27-19-10-5-11-20-27)26-18-12-15-24(22-26)21-23-13-6-3-7-14-23/h3-11,13-14,16-17,19-22H,12,15,18H2,1-2H3. The van der Waals surface area contributed by atoms with Gasteiger partial charge in [-0.1, -0.05) is 91.0 Å². The lowest BCUT2D eigenvalue weighted by Gasteiger charge is -2.43. The average molecular weight is 444 g/mol. The van der Waals surface area contributed by atoms with Gasteiger partial charge in [0.25, 0.3) is 0 Å². The van der Waals surface area contributed by atoms with Crippen LogP contribution in [-0.4, -0.2) is 27.4 Å². The molecule has 1 aliphatic carbocycles. The summed E-state index contributed by atoms with van der Waals surface area (Å²) in [5.41, 5.74) is 3.95. The summed E-state index contributed by atoms with van der Waals surface area (Å²) >= 11 is 0. The predicted octanol–water partition coefficient (Wildman–Crippen LogP) is 6.07. The molecule has 0 saturated carbocycles. The molecule has 1 unspecified atom stereocenters. The maximum absolute atomic E-state index is 14.4. The SMILES string of the molecule is CN(C)C(C1=CC(=Cc2ccccc2)CCC1)(c1ccccc1)S(=O)(=O)c1ccccc1. The van der Waals surface area contributed by atoms with E-state index >= 15 is 0 Å². The van der Waals surface area contributed by atoms with Gasteiger partial charge in [-0.3, -0.25) is 4.90 Å². The third kappa shape index (κ3) is 3.96. The summed E-state index contributed by atoms with van der Waals surface area (Å²) < 4.78 is 28.7. The molecule has 4 heteroatoms. The molecule has 0 bridgehead atoms. The highest BCUT2D eigenvalue weighted by Gasteiger charge is 2.51. The van der Waals surface area contributed by atoms with Crippen molar-refractivity contribution in [2.45, 2.75) is 29.0 Å². The molecule has 164 valence electrons. The lowest BCUT2D eigenvalue weighted by atomic mass is 9.86. The normalized spacial score (nSPS) is 17.7. The summed E-state index contributed by atoms with van der Waals surface area (Å²) in [6.45, 7) is 0. The molecule has 1 aliphatic rings. The van der Waals surface area contributed by atoms with Crippen LogP contribution in [0.25, 0.3) is 6.08 Å². The second kappa shape index (κ2) is 9.27. The van der Waals surface area contributed by atoms with Gasteiger partial charge in [0.1, 0.15) is 0 Å². The Bertz CT molecular complexity index is 1210. The van der Waals surface area contributed by atoms with Crippen molar-refractivity contribution in [2.24, 2.45) is 0 Å². The van der Waals surface area contributed by atoms with Gasteiger partial charge in [0.15, 0.2) is 4.87 Å². The Labute approximate surface area is 191 Å². The van der Waals surface area contributed by atoms with Crippen LogP contribution in [0.15, 0.2) is 113 Å². The summed E-state index contributed by atoms with van der Waals surface area (Å²) in [5.74, 6) is 0. The van der Waals surface area contributed by atoms with E-state index in [4.69, 9.17) is 0 Å². The van der Waals surface area contributed by atoms with Gasteiger partial charge in [-0.05, 0) is 67.8 Å². The molecule has 0 heterocycles. The lowest BCUT2D eigenvalue weighted by molar-refractivity contribution is 0.273. The van der Waals surface area contributed by atoms with Crippen molar-refractivity contribution in [2.75, 3.05) is 14.1 Å². The molecule has 0 radical (unpaired) electrons. The molecular formula is C28H29NO2S. The molecule has 0 saturated heterocycles. The van der Waals surface area contributed by atoms with Crippen LogP contribution in [0.2, 0.25) is 0 Å². The number of hydrogen-bond acceptors (Lipinski definition) is 3. The van der Waals surface area contributed by atoms with E-state index in [-0.39, 0.29) is 0 Å². The fourth-order valence-corrected chi connectivity index (χ4v) is 7.02. The van der Waals surface area contributed by atoms with E-state index in [1.807, 2.05) is 73.6 Å². The summed E-state index contributed by atoms with van der Waals surface area (Å²) in [4.78, 5) is 0.908. The number of nitrogens with zero attached hydrogens (tertiary/aromatic N) is 1. The highest BCUT2D eigenvalue weighted by molar-refractivity contribution is 7.92. The molecule has 1 atom stereocenters. The van der Waals surface area contributed by atoms with Crippen molar-refractivity contribution in [3.63, 3.8) is 0 Å². The molecule has 0 spiro atoms. The number of benzene rings is 3. The Morgan fingerprint density at radius 2 is 1.34 bits per heavy atom. The van der Waals surface area contributed by atoms with E-state index in [9.17, 15) is 8.42 Å². The van der Waals surface area contributed by atoms with Gasteiger partial charge in [0.2, 0.25) is 9.84 Å². The summed E-state index contributed by atoms with van der Waals surface area (Å²) in [5, 5.41) is 0. The predicted molar refractivity (Wildman–Crippen MR) is 132 cm³/mol. The number of allylic oxidation sites excluding steroid dienone is 2. The molecule has 0 aromatic heterocycles. The van der Waals surface area contributed by atoms with Crippen LogP contribution in [0.5, 0.6) is 0 Å². The molecule has 0 fully saturated rings. The van der Waals surface area contributed by atoms with Crippen LogP contribution in [0.3, 0.4) is 0 Å². The summed E-state index contributed by atoms with van der Waals surface area (Å²) in [6.07, 6.45) is 6.86. The van der Waals surface area contributed by atoms with Crippen LogP contribution in [0.4, 0.5) is 0 Å². The van der Waals surface area contributed by atoms with Gasteiger partial charge < -0.3 is 0 Å². The van der Waals surface area contributed by atoms with E-state index in [0.29, 0.717) is 4.90 Å². The largest absolute Gasteiger partial charge is 0.283 e. The maximum atomic E-state index is 14.4. The highest BCUT2D eigenvalue weighted by Crippen LogP contribution is 2.47. The fraction of sp³-hybridized carbons (Fsp3) is 0.214. The third-order valence-electron chi connectivity index (χ3n) is 6.10. The average Bonchev–Trinajstić information content (AvgIpc) is 2.81. The van der Waals surface area contributed by atoms with Crippen LogP contribution in [-0.2, 0) is 14.7 Å². The summed E-state index contributed by atoms with van der Waals surface area (Å²) in [7, 11) is -0.0513. The quantitative estimate of drug-likeness (QED) is 0.464. The molecule has 0 amide bonds. The fourth-order valence-electron chi connectivity index (χ4n) is 4.73. The van der Waals surface area contributed by atoms with Gasteiger partial charge >= 0.3 is 0 Å². The Morgan fingerprint density at radius 1 is 0.781 bits per heavy atom. The molecule has 0 aliphatic heterocycles. The Morgan fingerprint density at radius 3 is 1.94 bits per heavy atom. The van der Waals surface area contributed by atoms with Gasteiger partial charge in [0, 0.05) is 0 Å². The van der Waals surface area contributed by atoms with Gasteiger partial charge in [-0.25, -0.2) is 8.42 Å². The Balaban J connectivity index is 1.97. The third-order valence-corrected chi connectivity index (χ3v) is 8.63. The lowest BCUT2D eigenvalue weighted by Crippen LogP contribution is -2.50. The van der Waals surface area contributed by atoms with Crippen molar-refractivity contribution in [3.05, 3.63) is 119 Å². The molecule has 3 aromatic carbocycles. The zero-order chi connectivity index (χ0) is 22.6. The topological polar surface area (TPSA) is 37.4 Å². The van der Waals surface area contributed by atoms with Crippen LogP contribution < -0.4 is 0 Å². The van der Waals surface area contributed by atoms with Crippen molar-refractivity contribution >= 4 is 15.9 Å². The zero-order valence-electron chi connectivity index (χ0n) is 18.6. The van der Waals surface area contributed by atoms with E-state index in [1.165, 1.54) is 0 Å². The summed E-state index contributed by atoms with van der Waals surface area (Å²) in [6, 6.07) is 28.6. The maximum Gasteiger partial charge on any atom is 0.205 e. The smallest absolute Gasteiger partial charge is 0.205 e. The first kappa shape index (κ1) is 22.3. The monoisotopic (exact) mass is 443 g/mol. The molecular weight excluding hydrogens is 414 g/mol. The van der Waals surface area contributed by atoms with Gasteiger partial charge in [-0.15, -0.1) is 0 Å². The second-order valence-electron chi connectivity index (χ2n) is 8.37. The first-order valence-corrected chi connectivity index (χ1v) is 12.4. The molecule has 4 rings (SSSR count). The van der Waals surface area contributed by atoms with E-state index in [2.05, 4.69) is 24.3 Å². The van der Waals surface area contributed by atoms with Gasteiger partial charge in [0.05, 0.1) is 4.90 Å². The first-order valence-electron chi connectivity index (χ1n) is 11.0. The molecule has 3 aromatic rings. The van der Waals surface area contributed by atoms with Crippen molar-refractivity contribution in [1.82, 2.24) is 4.90 Å². The number of rotatable bonds is 6. The van der Waals surface area contributed by atoms with Crippen molar-refractivity contribution in [1.29, 1.82) is 0 Å². The minimum absolute atomic E-state index is 0.331. The van der Waals surface area contributed by atoms with Crippen molar-refractivity contribution in [3.8, 4) is 0 Å². The molecule has 32 heavy (non-hydrogen) atoms. The van der Waals surface area contributed by atoms with E-state index < -0.39 is 14.7 Å². The minimum Gasteiger partial charge on any atom is -0.283 e. The Hall–Kier alpha value is -2.95. The molecule has 3 nitrogen and oxygen atoms in total. The van der Waals surface area contributed by atoms with E-state index in [0.717, 1.165) is 41.5 Å². The molecule has 0 N–H and O–H groups in total. The number of likely N-dealkylation sites (N-methyl/N-ethyl adjacent to an activating group) is 1. The van der Waals surface area contributed by atoms with Crippen LogP contribution in [0.1, 0.15) is 30.4 Å². The zero-order valence-corrected chi connectivity index (χ0v) is 19.4. The van der Waals surface area contributed by atoms with Crippen LogP contribution in [0, 0.1) is 0 Å². The second-order valence-corrected chi connectivity index (χ2v) is 10.4. The highest BCUT2D eigenvalue weighted by atomic mass is 32.2. The van der Waals surface area contributed by atoms with Crippen LogP contribution >= 0.6 is 0 Å². The minimum atomic E-state index is -3.78. The number of hydrogen-bond donors (Lipinski definition) is 0. The number of sulfone groups is 1. The van der Waals surface area contributed by atoms with Gasteiger partial charge in [-0.2, -0.15) is 0 Å².